The Morgan fingerprint density at radius 1 is 1.26 bits per heavy atom. The lowest BCUT2D eigenvalue weighted by atomic mass is 9.99. The average molecular weight is 282 g/mol. The summed E-state index contributed by atoms with van der Waals surface area (Å²) < 4.78 is 26.4. The van der Waals surface area contributed by atoms with E-state index in [9.17, 15) is 13.2 Å². The summed E-state index contributed by atoms with van der Waals surface area (Å²) in [5.74, 6) is 0.186. The van der Waals surface area contributed by atoms with Crippen LogP contribution in [0.3, 0.4) is 0 Å². The van der Waals surface area contributed by atoms with Gasteiger partial charge in [-0.05, 0) is 31.5 Å². The third kappa shape index (κ3) is 3.33. The lowest BCUT2D eigenvalue weighted by molar-refractivity contribution is -0.119. The Kier molecular flexibility index (Phi) is 3.91. The molecule has 1 amide bonds. The van der Waals surface area contributed by atoms with Gasteiger partial charge in [-0.3, -0.25) is 4.79 Å². The van der Waals surface area contributed by atoms with Gasteiger partial charge in [0.25, 0.3) is 0 Å². The lowest BCUT2D eigenvalue weighted by Crippen LogP contribution is -2.30. The Morgan fingerprint density at radius 3 is 2.37 bits per heavy atom. The SMILES string of the molecule is CC(C)NS(=O)(=O)c1ccc([C@@H]2CNC(=O)C2)cc1. The fourth-order valence-electron chi connectivity index (χ4n) is 2.14. The molecule has 2 rings (SSSR count). The summed E-state index contributed by atoms with van der Waals surface area (Å²) in [6.45, 7) is 4.18. The van der Waals surface area contributed by atoms with Crippen molar-refractivity contribution in [2.45, 2.75) is 37.1 Å². The van der Waals surface area contributed by atoms with Crippen molar-refractivity contribution in [2.75, 3.05) is 6.54 Å². The van der Waals surface area contributed by atoms with Crippen molar-refractivity contribution in [1.82, 2.24) is 10.0 Å². The Balaban J connectivity index is 2.17. The molecule has 1 aliphatic rings. The summed E-state index contributed by atoms with van der Waals surface area (Å²) >= 11 is 0. The van der Waals surface area contributed by atoms with Crippen LogP contribution in [0, 0.1) is 0 Å². The van der Waals surface area contributed by atoms with Gasteiger partial charge in [0.15, 0.2) is 0 Å². The molecule has 0 radical (unpaired) electrons. The van der Waals surface area contributed by atoms with Crippen molar-refractivity contribution in [3.63, 3.8) is 0 Å². The summed E-state index contributed by atoms with van der Waals surface area (Å²) in [5.41, 5.74) is 0.988. The molecule has 2 N–H and O–H groups in total. The first-order valence-electron chi connectivity index (χ1n) is 6.27. The number of sulfonamides is 1. The first-order valence-corrected chi connectivity index (χ1v) is 7.76. The zero-order chi connectivity index (χ0) is 14.0. The van der Waals surface area contributed by atoms with Gasteiger partial charge in [-0.15, -0.1) is 0 Å². The van der Waals surface area contributed by atoms with Crippen LogP contribution in [0.5, 0.6) is 0 Å². The molecule has 1 aromatic carbocycles. The normalized spacial score (nSPS) is 19.7. The minimum absolute atomic E-state index is 0.0446. The molecule has 6 heteroatoms. The number of amides is 1. The molecule has 0 unspecified atom stereocenters. The summed E-state index contributed by atoms with van der Waals surface area (Å²) in [5, 5.41) is 2.77. The van der Waals surface area contributed by atoms with Crippen LogP contribution in [-0.4, -0.2) is 26.9 Å². The zero-order valence-electron chi connectivity index (χ0n) is 11.0. The van der Waals surface area contributed by atoms with E-state index >= 15 is 0 Å². The Bertz CT molecular complexity index is 564. The van der Waals surface area contributed by atoms with Crippen LogP contribution in [0.4, 0.5) is 0 Å². The molecular weight excluding hydrogens is 264 g/mol. The van der Waals surface area contributed by atoms with Gasteiger partial charge in [0.05, 0.1) is 4.90 Å². The molecule has 0 bridgehead atoms. The Hall–Kier alpha value is -1.40. The topological polar surface area (TPSA) is 75.3 Å². The highest BCUT2D eigenvalue weighted by molar-refractivity contribution is 7.89. The molecule has 0 saturated carbocycles. The van der Waals surface area contributed by atoms with Gasteiger partial charge in [0.2, 0.25) is 15.9 Å². The standard InChI is InChI=1S/C13H18N2O3S/c1-9(2)15-19(17,18)12-5-3-10(4-6-12)11-7-13(16)14-8-11/h3-6,9,11,15H,7-8H2,1-2H3,(H,14,16)/t11-/m0/s1. The molecule has 104 valence electrons. The molecule has 1 aromatic rings. The van der Waals surface area contributed by atoms with Gasteiger partial charge in [0, 0.05) is 24.9 Å². The molecule has 19 heavy (non-hydrogen) atoms. The second kappa shape index (κ2) is 5.30. The number of hydrogen-bond acceptors (Lipinski definition) is 3. The van der Waals surface area contributed by atoms with E-state index in [-0.39, 0.29) is 22.8 Å². The molecule has 1 aliphatic heterocycles. The smallest absolute Gasteiger partial charge is 0.240 e. The Morgan fingerprint density at radius 2 is 1.89 bits per heavy atom. The summed E-state index contributed by atoms with van der Waals surface area (Å²) in [6, 6.07) is 6.59. The van der Waals surface area contributed by atoms with Crippen molar-refractivity contribution in [1.29, 1.82) is 0 Å². The average Bonchev–Trinajstić information content (AvgIpc) is 2.74. The van der Waals surface area contributed by atoms with Crippen molar-refractivity contribution >= 4 is 15.9 Å². The van der Waals surface area contributed by atoms with E-state index in [1.54, 1.807) is 38.1 Å². The summed E-state index contributed by atoms with van der Waals surface area (Å²) in [4.78, 5) is 11.4. The molecule has 0 aromatic heterocycles. The molecular formula is C13H18N2O3S. The third-order valence-corrected chi connectivity index (χ3v) is 4.70. The van der Waals surface area contributed by atoms with E-state index in [0.29, 0.717) is 13.0 Å². The zero-order valence-corrected chi connectivity index (χ0v) is 11.8. The monoisotopic (exact) mass is 282 g/mol. The number of carbonyl (C=O) groups excluding carboxylic acids is 1. The van der Waals surface area contributed by atoms with Crippen LogP contribution in [0.2, 0.25) is 0 Å². The maximum atomic E-state index is 11.9. The second-order valence-electron chi connectivity index (χ2n) is 5.05. The van der Waals surface area contributed by atoms with E-state index in [1.165, 1.54) is 0 Å². The van der Waals surface area contributed by atoms with Crippen molar-refractivity contribution in [2.24, 2.45) is 0 Å². The van der Waals surface area contributed by atoms with E-state index in [2.05, 4.69) is 10.0 Å². The highest BCUT2D eigenvalue weighted by Crippen LogP contribution is 2.24. The van der Waals surface area contributed by atoms with Crippen LogP contribution >= 0.6 is 0 Å². The molecule has 1 fully saturated rings. The van der Waals surface area contributed by atoms with Gasteiger partial charge in [-0.1, -0.05) is 12.1 Å². The van der Waals surface area contributed by atoms with Gasteiger partial charge in [-0.25, -0.2) is 13.1 Å². The number of hydrogen-bond donors (Lipinski definition) is 2. The van der Waals surface area contributed by atoms with Gasteiger partial charge < -0.3 is 5.32 Å². The fourth-order valence-corrected chi connectivity index (χ4v) is 3.39. The number of carbonyl (C=O) groups is 1. The van der Waals surface area contributed by atoms with E-state index in [0.717, 1.165) is 5.56 Å². The molecule has 0 spiro atoms. The lowest BCUT2D eigenvalue weighted by Gasteiger charge is -2.11. The number of benzene rings is 1. The predicted molar refractivity (Wildman–Crippen MR) is 72.3 cm³/mol. The van der Waals surface area contributed by atoms with Gasteiger partial charge in [0.1, 0.15) is 0 Å². The molecule has 0 aliphatic carbocycles. The van der Waals surface area contributed by atoms with Crippen LogP contribution in [-0.2, 0) is 14.8 Å². The number of rotatable bonds is 4. The largest absolute Gasteiger partial charge is 0.355 e. The van der Waals surface area contributed by atoms with E-state index in [1.807, 2.05) is 0 Å². The molecule has 1 atom stereocenters. The van der Waals surface area contributed by atoms with Crippen LogP contribution in [0.1, 0.15) is 31.7 Å². The van der Waals surface area contributed by atoms with Crippen LogP contribution in [0.15, 0.2) is 29.2 Å². The van der Waals surface area contributed by atoms with Crippen molar-refractivity contribution in [3.05, 3.63) is 29.8 Å². The van der Waals surface area contributed by atoms with E-state index < -0.39 is 10.0 Å². The maximum Gasteiger partial charge on any atom is 0.240 e. The van der Waals surface area contributed by atoms with Crippen LogP contribution < -0.4 is 10.0 Å². The van der Waals surface area contributed by atoms with Crippen LogP contribution in [0.25, 0.3) is 0 Å². The Labute approximate surface area is 113 Å². The highest BCUT2D eigenvalue weighted by Gasteiger charge is 2.23. The van der Waals surface area contributed by atoms with E-state index in [4.69, 9.17) is 0 Å². The summed E-state index contributed by atoms with van der Waals surface area (Å²) in [7, 11) is -3.44. The fraction of sp³-hybridized carbons (Fsp3) is 0.462. The van der Waals surface area contributed by atoms with Crippen molar-refractivity contribution < 1.29 is 13.2 Å². The third-order valence-electron chi connectivity index (χ3n) is 3.03. The molecule has 1 saturated heterocycles. The summed E-state index contributed by atoms with van der Waals surface area (Å²) in [6.07, 6.45) is 0.469. The van der Waals surface area contributed by atoms with Crippen molar-refractivity contribution in [3.8, 4) is 0 Å². The van der Waals surface area contributed by atoms with Gasteiger partial charge in [-0.2, -0.15) is 0 Å². The predicted octanol–water partition coefficient (Wildman–Crippen LogP) is 0.977. The quantitative estimate of drug-likeness (QED) is 0.864. The second-order valence-corrected chi connectivity index (χ2v) is 6.76. The number of nitrogens with one attached hydrogen (secondary N) is 2. The maximum absolute atomic E-state index is 11.9. The minimum atomic E-state index is -3.44. The highest BCUT2D eigenvalue weighted by atomic mass is 32.2. The minimum Gasteiger partial charge on any atom is -0.355 e. The molecule has 5 nitrogen and oxygen atoms in total. The first-order chi connectivity index (χ1) is 8.88. The first kappa shape index (κ1) is 14.0. The van der Waals surface area contributed by atoms with Gasteiger partial charge >= 0.3 is 0 Å². The molecule has 1 heterocycles.